The number of halogens is 1. The van der Waals surface area contributed by atoms with Gasteiger partial charge in [-0.25, -0.2) is 9.18 Å². The van der Waals surface area contributed by atoms with Crippen LogP contribution < -0.4 is 5.32 Å². The fraction of sp³-hybridized carbons (Fsp3) is 0.296. The molecule has 3 rings (SSSR count). The molecule has 0 spiro atoms. The first-order valence-corrected chi connectivity index (χ1v) is 13.7. The lowest BCUT2D eigenvalue weighted by atomic mass is 10.1. The summed E-state index contributed by atoms with van der Waals surface area (Å²) in [6.07, 6.45) is 3.47. The number of anilines is 1. The van der Waals surface area contributed by atoms with E-state index in [2.05, 4.69) is 10.5 Å². The summed E-state index contributed by atoms with van der Waals surface area (Å²) in [6, 6.07) is 12.5. The summed E-state index contributed by atoms with van der Waals surface area (Å²) < 4.78 is 47.5. The summed E-state index contributed by atoms with van der Waals surface area (Å²) in [7, 11) is -3.89. The smallest absolute Gasteiger partial charge is 0.368 e. The first-order chi connectivity index (χ1) is 18.3. The molecule has 0 radical (unpaired) electrons. The quantitative estimate of drug-likeness (QED) is 0.153. The van der Waals surface area contributed by atoms with Crippen LogP contribution in [0.5, 0.6) is 0 Å². The summed E-state index contributed by atoms with van der Waals surface area (Å²) >= 11 is 0. The number of nitrogens with one attached hydrogen (secondary N) is 1. The lowest BCUT2D eigenvalue weighted by molar-refractivity contribution is -0.137. The summed E-state index contributed by atoms with van der Waals surface area (Å²) in [4.78, 5) is 25.1. The van der Waals surface area contributed by atoms with Gasteiger partial charge in [-0.3, -0.25) is 9.36 Å². The highest BCUT2D eigenvalue weighted by molar-refractivity contribution is 7.60. The van der Waals surface area contributed by atoms with Crippen LogP contribution in [0.1, 0.15) is 38.3 Å². The predicted molar refractivity (Wildman–Crippen MR) is 141 cm³/mol. The van der Waals surface area contributed by atoms with E-state index < -0.39 is 13.6 Å². The molecule has 0 unspecified atom stereocenters. The van der Waals surface area contributed by atoms with Gasteiger partial charge in [-0.2, -0.15) is 0 Å². The van der Waals surface area contributed by atoms with Crippen LogP contribution in [-0.2, 0) is 34.4 Å². The molecule has 0 saturated heterocycles. The van der Waals surface area contributed by atoms with Crippen molar-refractivity contribution in [3.63, 3.8) is 0 Å². The largest absolute Gasteiger partial charge is 0.462 e. The minimum Gasteiger partial charge on any atom is -0.462 e. The van der Waals surface area contributed by atoms with E-state index in [0.717, 1.165) is 5.56 Å². The van der Waals surface area contributed by atoms with Crippen LogP contribution in [-0.4, -0.2) is 36.9 Å². The molecule has 2 aromatic carbocycles. The van der Waals surface area contributed by atoms with Gasteiger partial charge in [0.15, 0.2) is 5.76 Å². The van der Waals surface area contributed by atoms with Crippen molar-refractivity contribution in [2.75, 3.05) is 25.1 Å². The first kappa shape index (κ1) is 29.0. The topological polar surface area (TPSA) is 117 Å². The van der Waals surface area contributed by atoms with Crippen LogP contribution in [0, 0.1) is 5.82 Å². The molecule has 1 aromatic heterocycles. The zero-order chi connectivity index (χ0) is 27.5. The van der Waals surface area contributed by atoms with Gasteiger partial charge in [0, 0.05) is 23.2 Å². The second-order valence-electron chi connectivity index (χ2n) is 7.94. The number of carbonyl (C=O) groups excluding carboxylic acids is 2. The third-order valence-electron chi connectivity index (χ3n) is 5.25. The van der Waals surface area contributed by atoms with Crippen molar-refractivity contribution in [3.05, 3.63) is 77.0 Å². The number of benzene rings is 2. The van der Waals surface area contributed by atoms with Crippen LogP contribution in [0.2, 0.25) is 0 Å². The molecule has 0 atom stereocenters. The van der Waals surface area contributed by atoms with Gasteiger partial charge >= 0.3 is 13.6 Å². The molecular formula is C27H30FN2O7P. The maximum absolute atomic E-state index is 13.2. The zero-order valence-corrected chi connectivity index (χ0v) is 22.3. The van der Waals surface area contributed by atoms with E-state index in [1.807, 2.05) is 0 Å². The molecule has 0 aliphatic heterocycles. The van der Waals surface area contributed by atoms with Crippen LogP contribution >= 0.6 is 7.60 Å². The molecular weight excluding hydrogens is 514 g/mol. The highest BCUT2D eigenvalue weighted by Crippen LogP contribution is 2.57. The maximum Gasteiger partial charge on any atom is 0.368 e. The molecule has 0 aliphatic rings. The Morgan fingerprint density at radius 1 is 1.00 bits per heavy atom. The average Bonchev–Trinajstić information content (AvgIpc) is 3.36. The standard InChI is InChI=1S/C27H30FN2O7P/c1-4-34-27(32)24(38(33,35-5-2)36-6-3)17-19-7-14-23(15-8-19)30-25(31)16-11-21-18-29-37-26(21)20-9-12-22(28)13-10-20/h7-10,12-15,17-18H,4-6,11,16H2,1-3H3,(H,30,31). The number of amides is 1. The van der Waals surface area contributed by atoms with Crippen molar-refractivity contribution < 1.29 is 36.9 Å². The normalized spacial score (nSPS) is 11.8. The number of nitrogens with zero attached hydrogens (tertiary/aromatic N) is 1. The number of esters is 1. The number of carbonyl (C=O) groups is 2. The van der Waals surface area contributed by atoms with Gasteiger partial charge in [-0.05, 0) is 75.2 Å². The predicted octanol–water partition coefficient (Wildman–Crippen LogP) is 6.22. The van der Waals surface area contributed by atoms with Crippen molar-refractivity contribution in [2.24, 2.45) is 0 Å². The fourth-order valence-electron chi connectivity index (χ4n) is 3.54. The van der Waals surface area contributed by atoms with E-state index in [4.69, 9.17) is 18.3 Å². The summed E-state index contributed by atoms with van der Waals surface area (Å²) in [6.45, 7) is 5.21. The second-order valence-corrected chi connectivity index (χ2v) is 9.93. The SMILES string of the molecule is CCOC(=O)C(=Cc1ccc(NC(=O)CCc2cnoc2-c2ccc(F)cc2)cc1)P(=O)(OCC)OCC. The van der Waals surface area contributed by atoms with Gasteiger partial charge in [0.25, 0.3) is 0 Å². The van der Waals surface area contributed by atoms with Crippen LogP contribution in [0.15, 0.2) is 64.6 Å². The first-order valence-electron chi connectivity index (χ1n) is 12.2. The molecule has 9 nitrogen and oxygen atoms in total. The molecule has 0 aliphatic carbocycles. The minimum atomic E-state index is -3.89. The minimum absolute atomic E-state index is 0.0826. The lowest BCUT2D eigenvalue weighted by Crippen LogP contribution is -2.12. The van der Waals surface area contributed by atoms with Gasteiger partial charge in [-0.1, -0.05) is 17.3 Å². The Morgan fingerprint density at radius 3 is 2.26 bits per heavy atom. The van der Waals surface area contributed by atoms with E-state index in [9.17, 15) is 18.5 Å². The zero-order valence-electron chi connectivity index (χ0n) is 21.4. The maximum atomic E-state index is 13.2. The molecule has 3 aromatic rings. The van der Waals surface area contributed by atoms with Crippen molar-refractivity contribution in [2.45, 2.75) is 33.6 Å². The molecule has 1 N–H and O–H groups in total. The monoisotopic (exact) mass is 544 g/mol. The average molecular weight is 545 g/mol. The Bertz CT molecular complexity index is 1290. The number of rotatable bonds is 13. The van der Waals surface area contributed by atoms with Crippen LogP contribution in [0.3, 0.4) is 0 Å². The summed E-state index contributed by atoms with van der Waals surface area (Å²) in [5.41, 5.74) is 2.47. The van der Waals surface area contributed by atoms with Gasteiger partial charge in [0.2, 0.25) is 5.91 Å². The van der Waals surface area contributed by atoms with E-state index >= 15 is 0 Å². The Balaban J connectivity index is 1.68. The Kier molecular flexibility index (Phi) is 10.5. The molecule has 1 heterocycles. The van der Waals surface area contributed by atoms with Crippen LogP contribution in [0.4, 0.5) is 10.1 Å². The molecule has 0 saturated carbocycles. The summed E-state index contributed by atoms with van der Waals surface area (Å²) in [5.74, 6) is -0.888. The van der Waals surface area contributed by atoms with Gasteiger partial charge in [0.05, 0.1) is 26.0 Å². The number of ether oxygens (including phenoxy) is 1. The molecule has 202 valence electrons. The highest BCUT2D eigenvalue weighted by atomic mass is 31.2. The fourth-order valence-corrected chi connectivity index (χ4v) is 5.17. The van der Waals surface area contributed by atoms with E-state index in [0.29, 0.717) is 29.0 Å². The third kappa shape index (κ3) is 7.71. The van der Waals surface area contributed by atoms with Gasteiger partial charge in [-0.15, -0.1) is 0 Å². The third-order valence-corrected chi connectivity index (χ3v) is 7.35. The molecule has 38 heavy (non-hydrogen) atoms. The molecule has 0 bridgehead atoms. The molecule has 0 fully saturated rings. The summed E-state index contributed by atoms with van der Waals surface area (Å²) in [5, 5.41) is 6.41. The van der Waals surface area contributed by atoms with E-state index in [1.165, 1.54) is 24.4 Å². The number of hydrogen-bond donors (Lipinski definition) is 1. The number of hydrogen-bond acceptors (Lipinski definition) is 8. The van der Waals surface area contributed by atoms with Crippen molar-refractivity contribution in [1.82, 2.24) is 5.16 Å². The van der Waals surface area contributed by atoms with Gasteiger partial charge < -0.3 is 23.6 Å². The second kappa shape index (κ2) is 13.8. The van der Waals surface area contributed by atoms with E-state index in [-0.39, 0.29) is 43.3 Å². The van der Waals surface area contributed by atoms with E-state index in [1.54, 1.807) is 57.2 Å². The van der Waals surface area contributed by atoms with Gasteiger partial charge in [0.1, 0.15) is 11.1 Å². The number of aryl methyl sites for hydroxylation is 1. The highest BCUT2D eigenvalue weighted by Gasteiger charge is 2.36. The lowest BCUT2D eigenvalue weighted by Gasteiger charge is -2.19. The molecule has 1 amide bonds. The Morgan fingerprint density at radius 2 is 1.66 bits per heavy atom. The van der Waals surface area contributed by atoms with Crippen LogP contribution in [0.25, 0.3) is 17.4 Å². The van der Waals surface area contributed by atoms with Crippen molar-refractivity contribution in [3.8, 4) is 11.3 Å². The number of aromatic nitrogens is 1. The van der Waals surface area contributed by atoms with Crippen molar-refractivity contribution in [1.29, 1.82) is 0 Å². The Labute approximate surface area is 220 Å². The van der Waals surface area contributed by atoms with Crippen molar-refractivity contribution >= 4 is 31.2 Å². The Hall–Kier alpha value is -3.59. The molecule has 11 heteroatoms.